The third-order valence-corrected chi connectivity index (χ3v) is 2.88. The molecule has 2 amide bonds. The first-order chi connectivity index (χ1) is 8.69. The van der Waals surface area contributed by atoms with Crippen LogP contribution in [-0.4, -0.2) is 30.2 Å². The van der Waals surface area contributed by atoms with E-state index in [0.29, 0.717) is 12.5 Å². The van der Waals surface area contributed by atoms with Crippen LogP contribution in [0.2, 0.25) is 0 Å². The Morgan fingerprint density at radius 3 is 2.26 bits per heavy atom. The van der Waals surface area contributed by atoms with Gasteiger partial charge in [-0.2, -0.15) is 0 Å². The first kappa shape index (κ1) is 15.8. The van der Waals surface area contributed by atoms with Gasteiger partial charge in [0.1, 0.15) is 11.6 Å². The van der Waals surface area contributed by atoms with E-state index in [4.69, 9.17) is 4.74 Å². The van der Waals surface area contributed by atoms with Gasteiger partial charge in [0.25, 0.3) is 0 Å². The quantitative estimate of drug-likeness (QED) is 0.803. The summed E-state index contributed by atoms with van der Waals surface area (Å²) in [5, 5.41) is 5.53. The molecule has 1 rings (SSSR count). The van der Waals surface area contributed by atoms with Gasteiger partial charge in [-0.25, -0.2) is 4.79 Å². The summed E-state index contributed by atoms with van der Waals surface area (Å²) in [5.41, 5.74) is -0.559. The van der Waals surface area contributed by atoms with Crippen LogP contribution in [0.4, 0.5) is 4.79 Å². The molecule has 1 fully saturated rings. The molecule has 0 aromatic heterocycles. The number of amides is 2. The lowest BCUT2D eigenvalue weighted by molar-refractivity contribution is -0.124. The minimum atomic E-state index is -0.559. The molecule has 0 radical (unpaired) electrons. The van der Waals surface area contributed by atoms with Crippen LogP contribution in [0.25, 0.3) is 0 Å². The Labute approximate surface area is 115 Å². The van der Waals surface area contributed by atoms with Crippen molar-refractivity contribution in [2.45, 2.75) is 59.1 Å². The van der Waals surface area contributed by atoms with E-state index in [9.17, 15) is 9.59 Å². The van der Waals surface area contributed by atoms with Gasteiger partial charge in [-0.1, -0.05) is 13.8 Å². The maximum atomic E-state index is 12.0. The number of hydrogen-bond donors (Lipinski definition) is 2. The number of nitrogens with one attached hydrogen (secondary N) is 2. The predicted molar refractivity (Wildman–Crippen MR) is 73.7 cm³/mol. The number of alkyl carbamates (subject to hydrolysis) is 1. The molecule has 19 heavy (non-hydrogen) atoms. The van der Waals surface area contributed by atoms with Crippen LogP contribution in [0.5, 0.6) is 0 Å². The number of carbonyl (C=O) groups excluding carboxylic acids is 2. The smallest absolute Gasteiger partial charge is 0.408 e. The van der Waals surface area contributed by atoms with Crippen molar-refractivity contribution in [3.05, 3.63) is 0 Å². The molecule has 0 aromatic rings. The maximum Gasteiger partial charge on any atom is 0.408 e. The van der Waals surface area contributed by atoms with Crippen molar-refractivity contribution in [1.29, 1.82) is 0 Å². The summed E-state index contributed by atoms with van der Waals surface area (Å²) < 4.78 is 5.18. The molecule has 1 atom stereocenters. The fourth-order valence-corrected chi connectivity index (χ4v) is 1.65. The van der Waals surface area contributed by atoms with E-state index in [2.05, 4.69) is 10.6 Å². The van der Waals surface area contributed by atoms with Gasteiger partial charge < -0.3 is 15.4 Å². The summed E-state index contributed by atoms with van der Waals surface area (Å²) in [4.78, 5) is 23.8. The molecule has 0 aliphatic heterocycles. The molecule has 0 heterocycles. The standard InChI is InChI=1S/C14H26N2O3/c1-9(2)11(12(17)15-8-10-6-7-10)16-13(18)19-14(3,4)5/h9-11H,6-8H2,1-5H3,(H,15,17)(H,16,18). The average molecular weight is 270 g/mol. The summed E-state index contributed by atoms with van der Waals surface area (Å²) in [7, 11) is 0. The molecule has 1 aliphatic carbocycles. The SMILES string of the molecule is CC(C)C(NC(=O)OC(C)(C)C)C(=O)NCC1CC1. The van der Waals surface area contributed by atoms with E-state index in [0.717, 1.165) is 0 Å². The molecular formula is C14H26N2O3. The predicted octanol–water partition coefficient (Wildman–Crippen LogP) is 2.06. The first-order valence-corrected chi connectivity index (χ1v) is 6.96. The molecule has 0 bridgehead atoms. The van der Waals surface area contributed by atoms with Crippen molar-refractivity contribution in [2.24, 2.45) is 11.8 Å². The molecule has 5 heteroatoms. The normalized spacial score (nSPS) is 16.9. The van der Waals surface area contributed by atoms with Crippen LogP contribution in [0.15, 0.2) is 0 Å². The summed E-state index contributed by atoms with van der Waals surface area (Å²) in [6, 6.07) is -0.548. The molecule has 5 nitrogen and oxygen atoms in total. The van der Waals surface area contributed by atoms with Crippen LogP contribution in [0.1, 0.15) is 47.5 Å². The molecule has 1 unspecified atom stereocenters. The largest absolute Gasteiger partial charge is 0.444 e. The van der Waals surface area contributed by atoms with Crippen molar-refractivity contribution >= 4 is 12.0 Å². The average Bonchev–Trinajstić information content (AvgIpc) is 3.03. The van der Waals surface area contributed by atoms with Crippen LogP contribution in [0, 0.1) is 11.8 Å². The zero-order chi connectivity index (χ0) is 14.6. The van der Waals surface area contributed by atoms with E-state index in [1.165, 1.54) is 12.8 Å². The second kappa shape index (κ2) is 6.26. The third kappa shape index (κ3) is 6.45. The summed E-state index contributed by atoms with van der Waals surface area (Å²) in [6.07, 6.45) is 1.82. The fourth-order valence-electron chi connectivity index (χ4n) is 1.65. The van der Waals surface area contributed by atoms with E-state index in [1.807, 2.05) is 13.8 Å². The highest BCUT2D eigenvalue weighted by molar-refractivity contribution is 5.85. The minimum Gasteiger partial charge on any atom is -0.444 e. The van der Waals surface area contributed by atoms with E-state index in [1.54, 1.807) is 20.8 Å². The van der Waals surface area contributed by atoms with Crippen LogP contribution >= 0.6 is 0 Å². The van der Waals surface area contributed by atoms with Gasteiger partial charge in [0.15, 0.2) is 0 Å². The molecule has 0 aromatic carbocycles. The van der Waals surface area contributed by atoms with E-state index in [-0.39, 0.29) is 11.8 Å². The number of hydrogen-bond acceptors (Lipinski definition) is 3. The van der Waals surface area contributed by atoms with Crippen LogP contribution in [-0.2, 0) is 9.53 Å². The zero-order valence-corrected chi connectivity index (χ0v) is 12.6. The Hall–Kier alpha value is -1.26. The van der Waals surface area contributed by atoms with Gasteiger partial charge in [0, 0.05) is 6.54 Å². The van der Waals surface area contributed by atoms with Gasteiger partial charge in [-0.05, 0) is 45.4 Å². The Morgan fingerprint density at radius 2 is 1.84 bits per heavy atom. The minimum absolute atomic E-state index is 0.0201. The van der Waals surface area contributed by atoms with Crippen molar-refractivity contribution in [1.82, 2.24) is 10.6 Å². The summed E-state index contributed by atoms with van der Waals surface area (Å²) in [5.74, 6) is 0.512. The highest BCUT2D eigenvalue weighted by Crippen LogP contribution is 2.27. The topological polar surface area (TPSA) is 67.4 Å². The summed E-state index contributed by atoms with van der Waals surface area (Å²) >= 11 is 0. The van der Waals surface area contributed by atoms with Gasteiger partial charge in [0.05, 0.1) is 0 Å². The van der Waals surface area contributed by atoms with Gasteiger partial charge in [0.2, 0.25) is 5.91 Å². The monoisotopic (exact) mass is 270 g/mol. The number of carbonyl (C=O) groups is 2. The summed E-state index contributed by atoms with van der Waals surface area (Å²) in [6.45, 7) is 9.90. The molecule has 110 valence electrons. The lowest BCUT2D eigenvalue weighted by Crippen LogP contribution is -2.51. The molecule has 2 N–H and O–H groups in total. The highest BCUT2D eigenvalue weighted by Gasteiger charge is 2.28. The van der Waals surface area contributed by atoms with Gasteiger partial charge >= 0.3 is 6.09 Å². The van der Waals surface area contributed by atoms with Crippen LogP contribution in [0.3, 0.4) is 0 Å². The highest BCUT2D eigenvalue weighted by atomic mass is 16.6. The van der Waals surface area contributed by atoms with Crippen molar-refractivity contribution < 1.29 is 14.3 Å². The number of rotatable bonds is 5. The van der Waals surface area contributed by atoms with Crippen molar-refractivity contribution in [3.8, 4) is 0 Å². The zero-order valence-electron chi connectivity index (χ0n) is 12.6. The Bertz CT molecular complexity index is 330. The lowest BCUT2D eigenvalue weighted by atomic mass is 10.0. The second-order valence-corrected chi connectivity index (χ2v) is 6.56. The molecule has 1 aliphatic rings. The fraction of sp³-hybridized carbons (Fsp3) is 0.857. The first-order valence-electron chi connectivity index (χ1n) is 6.96. The Morgan fingerprint density at radius 1 is 1.26 bits per heavy atom. The van der Waals surface area contributed by atoms with Crippen molar-refractivity contribution in [3.63, 3.8) is 0 Å². The molecule has 1 saturated carbocycles. The van der Waals surface area contributed by atoms with Gasteiger partial charge in [-0.15, -0.1) is 0 Å². The van der Waals surface area contributed by atoms with Crippen LogP contribution < -0.4 is 10.6 Å². The molecule has 0 spiro atoms. The molecule has 0 saturated heterocycles. The molecular weight excluding hydrogens is 244 g/mol. The van der Waals surface area contributed by atoms with Crippen molar-refractivity contribution in [2.75, 3.05) is 6.54 Å². The Kier molecular flexibility index (Phi) is 5.20. The Balaban J connectivity index is 2.46. The van der Waals surface area contributed by atoms with E-state index >= 15 is 0 Å². The third-order valence-electron chi connectivity index (χ3n) is 2.88. The maximum absolute atomic E-state index is 12.0. The lowest BCUT2D eigenvalue weighted by Gasteiger charge is -2.25. The second-order valence-electron chi connectivity index (χ2n) is 6.56. The number of ether oxygens (including phenoxy) is 1. The van der Waals surface area contributed by atoms with E-state index < -0.39 is 17.7 Å². The van der Waals surface area contributed by atoms with Gasteiger partial charge in [-0.3, -0.25) is 4.79 Å².